The number of carbonyl (C=O) groups is 1. The fourth-order valence-corrected chi connectivity index (χ4v) is 3.89. The van der Waals surface area contributed by atoms with E-state index in [9.17, 15) is 4.79 Å². The Morgan fingerprint density at radius 3 is 3.00 bits per heavy atom. The van der Waals surface area contributed by atoms with Gasteiger partial charge in [0.15, 0.2) is 0 Å². The van der Waals surface area contributed by atoms with Crippen LogP contribution in [0.3, 0.4) is 0 Å². The maximum absolute atomic E-state index is 12.8. The van der Waals surface area contributed by atoms with Gasteiger partial charge in [-0.2, -0.15) is 0 Å². The third kappa shape index (κ3) is 2.93. The summed E-state index contributed by atoms with van der Waals surface area (Å²) in [6.07, 6.45) is 4.86. The topological polar surface area (TPSA) is 57.8 Å². The summed E-state index contributed by atoms with van der Waals surface area (Å²) in [7, 11) is 0. The number of rotatable bonds is 3. The number of H-pyrrole nitrogens is 1. The molecule has 1 atom stereocenters. The lowest BCUT2D eigenvalue weighted by Gasteiger charge is -2.22. The van der Waals surface area contributed by atoms with Gasteiger partial charge in [-0.25, -0.2) is 0 Å². The average Bonchev–Trinajstić information content (AvgIpc) is 2.99. The van der Waals surface area contributed by atoms with Crippen molar-refractivity contribution in [1.82, 2.24) is 15.3 Å². The SMILES string of the molecule is Cc1cc(C)c(CNC(=O)[C@H]2CCCc3c2[nH]c2ccccc32)cn1. The first kappa shape index (κ1) is 15.9. The molecule has 0 radical (unpaired) electrons. The Balaban J connectivity index is 1.55. The van der Waals surface area contributed by atoms with E-state index in [0.717, 1.165) is 41.7 Å². The number of nitrogens with one attached hydrogen (secondary N) is 2. The van der Waals surface area contributed by atoms with Crippen LogP contribution in [0.25, 0.3) is 10.9 Å². The molecule has 2 aromatic heterocycles. The van der Waals surface area contributed by atoms with Crippen molar-refractivity contribution in [2.75, 3.05) is 0 Å². The number of carbonyl (C=O) groups excluding carboxylic acids is 1. The second kappa shape index (κ2) is 6.36. The van der Waals surface area contributed by atoms with Crippen LogP contribution < -0.4 is 5.32 Å². The van der Waals surface area contributed by atoms with Gasteiger partial charge in [-0.1, -0.05) is 18.2 Å². The molecule has 1 aliphatic rings. The molecule has 2 N–H and O–H groups in total. The van der Waals surface area contributed by atoms with Crippen LogP contribution >= 0.6 is 0 Å². The van der Waals surface area contributed by atoms with Crippen LogP contribution in [0.1, 0.15) is 46.8 Å². The summed E-state index contributed by atoms with van der Waals surface area (Å²) in [6, 6.07) is 10.4. The summed E-state index contributed by atoms with van der Waals surface area (Å²) >= 11 is 0. The summed E-state index contributed by atoms with van der Waals surface area (Å²) in [5, 5.41) is 4.37. The number of aromatic amines is 1. The standard InChI is InChI=1S/C21H23N3O/c1-13-10-14(2)22-11-15(13)12-23-21(25)18-8-5-7-17-16-6-3-4-9-19(16)24-20(17)18/h3-4,6,9-11,18,24H,5,7-8,12H2,1-2H3,(H,23,25)/t18-/m0/s1. The molecule has 4 nitrogen and oxygen atoms in total. The molecule has 0 bridgehead atoms. The normalized spacial score (nSPS) is 16.6. The molecular formula is C21H23N3O. The Morgan fingerprint density at radius 2 is 2.16 bits per heavy atom. The zero-order valence-electron chi connectivity index (χ0n) is 14.7. The maximum atomic E-state index is 12.8. The van der Waals surface area contributed by atoms with Crippen LogP contribution in [0.15, 0.2) is 36.5 Å². The van der Waals surface area contributed by atoms with Crippen LogP contribution in [0.4, 0.5) is 0 Å². The predicted octanol–water partition coefficient (Wildman–Crippen LogP) is 3.92. The van der Waals surface area contributed by atoms with E-state index in [-0.39, 0.29) is 11.8 Å². The van der Waals surface area contributed by atoms with E-state index < -0.39 is 0 Å². The summed E-state index contributed by atoms with van der Waals surface area (Å²) in [5.41, 5.74) is 6.79. The molecule has 1 aromatic carbocycles. The quantitative estimate of drug-likeness (QED) is 0.763. The van der Waals surface area contributed by atoms with Gasteiger partial charge in [0.1, 0.15) is 0 Å². The first-order valence-electron chi connectivity index (χ1n) is 8.93. The van der Waals surface area contributed by atoms with Crippen molar-refractivity contribution >= 4 is 16.8 Å². The van der Waals surface area contributed by atoms with Gasteiger partial charge in [-0.3, -0.25) is 9.78 Å². The maximum Gasteiger partial charge on any atom is 0.229 e. The van der Waals surface area contributed by atoms with Gasteiger partial charge in [0.2, 0.25) is 5.91 Å². The monoisotopic (exact) mass is 333 g/mol. The molecular weight excluding hydrogens is 310 g/mol. The molecule has 25 heavy (non-hydrogen) atoms. The summed E-state index contributed by atoms with van der Waals surface area (Å²) in [6.45, 7) is 4.57. The number of pyridine rings is 1. The number of hydrogen-bond acceptors (Lipinski definition) is 2. The van der Waals surface area contributed by atoms with E-state index in [1.54, 1.807) is 0 Å². The van der Waals surface area contributed by atoms with Crippen molar-refractivity contribution in [3.8, 4) is 0 Å². The number of fused-ring (bicyclic) bond motifs is 3. The molecule has 0 saturated carbocycles. The van der Waals surface area contributed by atoms with Gasteiger partial charge in [0.25, 0.3) is 0 Å². The molecule has 0 spiro atoms. The van der Waals surface area contributed by atoms with E-state index in [1.165, 1.54) is 16.5 Å². The van der Waals surface area contributed by atoms with E-state index in [0.29, 0.717) is 6.54 Å². The number of aromatic nitrogens is 2. The molecule has 4 heteroatoms. The van der Waals surface area contributed by atoms with E-state index in [1.807, 2.05) is 19.2 Å². The van der Waals surface area contributed by atoms with Gasteiger partial charge < -0.3 is 10.3 Å². The minimum absolute atomic E-state index is 0.0881. The highest BCUT2D eigenvalue weighted by atomic mass is 16.1. The molecule has 1 amide bonds. The van der Waals surface area contributed by atoms with Gasteiger partial charge in [-0.05, 0) is 61.9 Å². The summed E-state index contributed by atoms with van der Waals surface area (Å²) in [4.78, 5) is 20.7. The number of aryl methyl sites for hydroxylation is 3. The zero-order chi connectivity index (χ0) is 17.4. The minimum Gasteiger partial charge on any atom is -0.357 e. The number of benzene rings is 1. The number of nitrogens with zero attached hydrogens (tertiary/aromatic N) is 1. The highest BCUT2D eigenvalue weighted by Crippen LogP contribution is 2.36. The first-order chi connectivity index (χ1) is 12.1. The zero-order valence-corrected chi connectivity index (χ0v) is 14.7. The summed E-state index contributed by atoms with van der Waals surface area (Å²) < 4.78 is 0. The Bertz CT molecular complexity index is 941. The van der Waals surface area contributed by atoms with Crippen LogP contribution in [0.5, 0.6) is 0 Å². The van der Waals surface area contributed by atoms with Crippen molar-refractivity contribution in [1.29, 1.82) is 0 Å². The second-order valence-electron chi connectivity index (χ2n) is 6.98. The van der Waals surface area contributed by atoms with Crippen molar-refractivity contribution < 1.29 is 4.79 Å². The third-order valence-corrected chi connectivity index (χ3v) is 5.24. The van der Waals surface area contributed by atoms with Crippen molar-refractivity contribution in [2.45, 2.75) is 45.6 Å². The van der Waals surface area contributed by atoms with Crippen molar-refractivity contribution in [3.05, 3.63) is 64.6 Å². The highest BCUT2D eigenvalue weighted by Gasteiger charge is 2.29. The van der Waals surface area contributed by atoms with Crippen molar-refractivity contribution in [2.24, 2.45) is 0 Å². The molecule has 1 aliphatic carbocycles. The molecule has 2 heterocycles. The van der Waals surface area contributed by atoms with Gasteiger partial charge >= 0.3 is 0 Å². The first-order valence-corrected chi connectivity index (χ1v) is 8.93. The van der Waals surface area contributed by atoms with Crippen molar-refractivity contribution in [3.63, 3.8) is 0 Å². The lowest BCUT2D eigenvalue weighted by atomic mass is 9.86. The Hall–Kier alpha value is -2.62. The number of para-hydroxylation sites is 1. The third-order valence-electron chi connectivity index (χ3n) is 5.24. The highest BCUT2D eigenvalue weighted by molar-refractivity contribution is 5.90. The fourth-order valence-electron chi connectivity index (χ4n) is 3.89. The van der Waals surface area contributed by atoms with Crippen LogP contribution in [-0.2, 0) is 17.8 Å². The van der Waals surface area contributed by atoms with E-state index in [4.69, 9.17) is 0 Å². The lowest BCUT2D eigenvalue weighted by Crippen LogP contribution is -2.31. The van der Waals surface area contributed by atoms with Gasteiger partial charge in [0, 0.05) is 35.0 Å². The number of hydrogen-bond donors (Lipinski definition) is 2. The molecule has 128 valence electrons. The van der Waals surface area contributed by atoms with Crippen LogP contribution in [0.2, 0.25) is 0 Å². The molecule has 0 aliphatic heterocycles. The van der Waals surface area contributed by atoms with Gasteiger partial charge in [-0.15, -0.1) is 0 Å². The molecule has 0 saturated heterocycles. The molecule has 0 fully saturated rings. The summed E-state index contributed by atoms with van der Waals surface area (Å²) in [5.74, 6) is 0.0161. The molecule has 4 rings (SSSR count). The largest absolute Gasteiger partial charge is 0.357 e. The smallest absolute Gasteiger partial charge is 0.229 e. The minimum atomic E-state index is -0.0881. The van der Waals surface area contributed by atoms with Gasteiger partial charge in [0.05, 0.1) is 5.92 Å². The average molecular weight is 333 g/mol. The predicted molar refractivity (Wildman–Crippen MR) is 99.5 cm³/mol. The fraction of sp³-hybridized carbons (Fsp3) is 0.333. The lowest BCUT2D eigenvalue weighted by molar-refractivity contribution is -0.123. The Morgan fingerprint density at radius 1 is 1.32 bits per heavy atom. The van der Waals surface area contributed by atoms with E-state index in [2.05, 4.69) is 46.5 Å². The Kier molecular flexibility index (Phi) is 4.04. The Labute approximate surface area is 147 Å². The molecule has 0 unspecified atom stereocenters. The molecule has 3 aromatic rings. The second-order valence-corrected chi connectivity index (χ2v) is 6.98. The van der Waals surface area contributed by atoms with Crippen LogP contribution in [-0.4, -0.2) is 15.9 Å². The van der Waals surface area contributed by atoms with E-state index >= 15 is 0 Å². The number of amides is 1. The van der Waals surface area contributed by atoms with Crippen LogP contribution in [0, 0.1) is 13.8 Å².